The van der Waals surface area contributed by atoms with Gasteiger partial charge in [0.25, 0.3) is 0 Å². The number of thiol groups is 1. The highest BCUT2D eigenvalue weighted by Crippen LogP contribution is 2.04. The Morgan fingerprint density at radius 1 is 0.750 bits per heavy atom. The van der Waals surface area contributed by atoms with Crippen LogP contribution in [0.1, 0.15) is 38.5 Å². The lowest BCUT2D eigenvalue weighted by atomic mass is 10.1. The molecule has 14 N–H and O–H groups in total. The van der Waals surface area contributed by atoms with Gasteiger partial charge in [-0.25, -0.2) is 4.79 Å². The third-order valence-electron chi connectivity index (χ3n) is 4.73. The Morgan fingerprint density at radius 3 is 1.69 bits per heavy atom. The number of carbonyl (C=O) groups is 6. The van der Waals surface area contributed by atoms with Crippen LogP contribution in [0.25, 0.3) is 0 Å². The van der Waals surface area contributed by atoms with Crippen LogP contribution in [0.3, 0.4) is 0 Å². The van der Waals surface area contributed by atoms with Gasteiger partial charge in [-0.3, -0.25) is 29.0 Å². The molecule has 0 aromatic heterocycles. The number of nitrogens with two attached hydrogens (primary N) is 5. The van der Waals surface area contributed by atoms with Crippen molar-refractivity contribution in [2.45, 2.75) is 62.7 Å². The predicted molar refractivity (Wildman–Crippen MR) is 132 cm³/mol. The number of carboxylic acids is 1. The van der Waals surface area contributed by atoms with Crippen LogP contribution in [-0.4, -0.2) is 83.0 Å². The van der Waals surface area contributed by atoms with E-state index in [1.54, 1.807) is 0 Å². The van der Waals surface area contributed by atoms with Crippen LogP contribution in [0.15, 0.2) is 4.99 Å². The molecule has 17 heteroatoms. The third-order valence-corrected chi connectivity index (χ3v) is 5.09. The van der Waals surface area contributed by atoms with Crippen molar-refractivity contribution in [1.82, 2.24) is 16.0 Å². The number of rotatable bonds is 18. The predicted octanol–water partition coefficient (Wildman–Crippen LogP) is -4.63. The van der Waals surface area contributed by atoms with Gasteiger partial charge in [0.15, 0.2) is 5.96 Å². The number of hydrogen-bond acceptors (Lipinski definition) is 9. The van der Waals surface area contributed by atoms with Crippen LogP contribution in [-0.2, 0) is 28.8 Å². The van der Waals surface area contributed by atoms with Gasteiger partial charge in [-0.2, -0.15) is 12.6 Å². The second-order valence-corrected chi connectivity index (χ2v) is 8.13. The Bertz CT molecular complexity index is 836. The van der Waals surface area contributed by atoms with Crippen LogP contribution in [0.4, 0.5) is 0 Å². The fraction of sp³-hybridized carbons (Fsp3) is 0.632. The second-order valence-electron chi connectivity index (χ2n) is 7.77. The standard InChI is InChI=1S/C19H35N9O7S/c20-9(2-1-7-25-19(23)24)15(31)26-10(3-5-13(21)29)16(32)28-12(8-36)17(33)27-11(18(34)35)4-6-14(22)30/h9-12,36H,1-8,20H2,(H2,21,29)(H2,22,30)(H,26,31)(H,27,33)(H,28,32)(H,34,35)(H4,23,24,25). The van der Waals surface area contributed by atoms with E-state index >= 15 is 0 Å². The molecule has 0 heterocycles. The molecule has 4 unspecified atom stereocenters. The lowest BCUT2D eigenvalue weighted by molar-refractivity contribution is -0.142. The van der Waals surface area contributed by atoms with E-state index in [4.69, 9.17) is 28.7 Å². The molecule has 0 bridgehead atoms. The van der Waals surface area contributed by atoms with E-state index in [1.807, 2.05) is 0 Å². The summed E-state index contributed by atoms with van der Waals surface area (Å²) < 4.78 is 0. The first-order valence-electron chi connectivity index (χ1n) is 10.9. The highest BCUT2D eigenvalue weighted by molar-refractivity contribution is 7.80. The Hall–Kier alpha value is -3.60. The first-order valence-corrected chi connectivity index (χ1v) is 11.5. The van der Waals surface area contributed by atoms with Crippen molar-refractivity contribution < 1.29 is 33.9 Å². The van der Waals surface area contributed by atoms with Crippen LogP contribution in [0, 0.1) is 0 Å². The molecule has 0 aliphatic rings. The van der Waals surface area contributed by atoms with Crippen molar-refractivity contribution in [2.24, 2.45) is 33.7 Å². The minimum atomic E-state index is -1.44. The summed E-state index contributed by atoms with van der Waals surface area (Å²) in [7, 11) is 0. The normalized spacial score (nSPS) is 13.8. The summed E-state index contributed by atoms with van der Waals surface area (Å²) >= 11 is 4.00. The molecular weight excluding hydrogens is 498 g/mol. The van der Waals surface area contributed by atoms with Gasteiger partial charge >= 0.3 is 5.97 Å². The van der Waals surface area contributed by atoms with Gasteiger partial charge in [0.1, 0.15) is 18.1 Å². The van der Waals surface area contributed by atoms with Crippen molar-refractivity contribution in [3.8, 4) is 0 Å². The lowest BCUT2D eigenvalue weighted by Crippen LogP contribution is -2.57. The van der Waals surface area contributed by atoms with E-state index in [0.717, 1.165) is 0 Å². The summed E-state index contributed by atoms with van der Waals surface area (Å²) in [6.45, 7) is 0.240. The van der Waals surface area contributed by atoms with E-state index < -0.39 is 59.7 Å². The number of carboxylic acid groups (broad SMARTS) is 1. The molecule has 0 saturated carbocycles. The van der Waals surface area contributed by atoms with Gasteiger partial charge in [-0.1, -0.05) is 0 Å². The largest absolute Gasteiger partial charge is 0.480 e. The topological polar surface area (TPSA) is 301 Å². The summed E-state index contributed by atoms with van der Waals surface area (Å²) in [6, 6.07) is -5.05. The maximum atomic E-state index is 12.8. The molecular formula is C19H35N9O7S. The number of carbonyl (C=O) groups excluding carboxylic acids is 5. The molecule has 16 nitrogen and oxygen atoms in total. The highest BCUT2D eigenvalue weighted by Gasteiger charge is 2.30. The average Bonchev–Trinajstić information content (AvgIpc) is 2.79. The fourth-order valence-electron chi connectivity index (χ4n) is 2.77. The third kappa shape index (κ3) is 14.0. The Kier molecular flexibility index (Phi) is 15.2. The average molecular weight is 534 g/mol. The van der Waals surface area contributed by atoms with E-state index in [1.165, 1.54) is 0 Å². The van der Waals surface area contributed by atoms with Gasteiger partial charge in [-0.05, 0) is 25.7 Å². The maximum Gasteiger partial charge on any atom is 0.326 e. The van der Waals surface area contributed by atoms with Gasteiger partial charge in [-0.15, -0.1) is 0 Å². The molecule has 0 aliphatic heterocycles. The summed E-state index contributed by atoms with van der Waals surface area (Å²) in [6.07, 6.45) is -0.428. The molecule has 0 aromatic carbocycles. The smallest absolute Gasteiger partial charge is 0.326 e. The SMILES string of the molecule is NC(=O)CCC(NC(=O)C(CS)NC(=O)C(CCC(N)=O)NC(=O)C(N)CCCN=C(N)N)C(=O)O. The van der Waals surface area contributed by atoms with E-state index in [0.29, 0.717) is 6.42 Å². The molecule has 0 rings (SSSR count). The molecule has 36 heavy (non-hydrogen) atoms. The summed E-state index contributed by atoms with van der Waals surface area (Å²) in [4.78, 5) is 75.0. The minimum absolute atomic E-state index is 0.110. The van der Waals surface area contributed by atoms with Crippen molar-refractivity contribution in [1.29, 1.82) is 0 Å². The van der Waals surface area contributed by atoms with Gasteiger partial charge in [0, 0.05) is 25.1 Å². The number of aliphatic imine (C=N–C) groups is 1. The zero-order chi connectivity index (χ0) is 27.8. The number of nitrogens with one attached hydrogen (secondary N) is 3. The maximum absolute atomic E-state index is 12.8. The van der Waals surface area contributed by atoms with Gasteiger partial charge in [0.05, 0.1) is 6.04 Å². The molecule has 0 aromatic rings. The number of primary amides is 2. The van der Waals surface area contributed by atoms with Crippen molar-refractivity contribution in [2.75, 3.05) is 12.3 Å². The highest BCUT2D eigenvalue weighted by atomic mass is 32.1. The molecule has 0 saturated heterocycles. The van der Waals surface area contributed by atoms with E-state index in [-0.39, 0.29) is 50.4 Å². The molecule has 5 amide bonds. The molecule has 0 fully saturated rings. The zero-order valence-electron chi connectivity index (χ0n) is 19.6. The zero-order valence-corrected chi connectivity index (χ0v) is 20.5. The van der Waals surface area contributed by atoms with Crippen molar-refractivity contribution in [3.63, 3.8) is 0 Å². The summed E-state index contributed by atoms with van der Waals surface area (Å²) in [5.74, 6) is -5.69. The second kappa shape index (κ2) is 16.9. The molecule has 0 spiro atoms. The first kappa shape index (κ1) is 32.4. The Balaban J connectivity index is 5.25. The van der Waals surface area contributed by atoms with E-state index in [9.17, 15) is 33.9 Å². The summed E-state index contributed by atoms with van der Waals surface area (Å²) in [5.41, 5.74) is 26.4. The molecule has 204 valence electrons. The number of hydrogen-bond donors (Lipinski definition) is 10. The van der Waals surface area contributed by atoms with Crippen LogP contribution >= 0.6 is 12.6 Å². The summed E-state index contributed by atoms with van der Waals surface area (Å²) in [5, 5.41) is 16.2. The van der Waals surface area contributed by atoms with Crippen molar-refractivity contribution in [3.05, 3.63) is 0 Å². The fourth-order valence-corrected chi connectivity index (χ4v) is 3.02. The lowest BCUT2D eigenvalue weighted by Gasteiger charge is -2.24. The van der Waals surface area contributed by atoms with Gasteiger partial charge in [0.2, 0.25) is 29.5 Å². The van der Waals surface area contributed by atoms with Gasteiger partial charge < -0.3 is 49.7 Å². The number of amides is 5. The first-order chi connectivity index (χ1) is 16.8. The van der Waals surface area contributed by atoms with Crippen LogP contribution in [0.5, 0.6) is 0 Å². The molecule has 0 aliphatic carbocycles. The number of guanidine groups is 1. The Labute approximate surface area is 212 Å². The molecule has 4 atom stereocenters. The van der Waals surface area contributed by atoms with Crippen molar-refractivity contribution >= 4 is 54.1 Å². The minimum Gasteiger partial charge on any atom is -0.480 e. The Morgan fingerprint density at radius 2 is 1.22 bits per heavy atom. The quantitative estimate of drug-likeness (QED) is 0.0347. The number of nitrogens with zero attached hydrogens (tertiary/aromatic N) is 1. The van der Waals surface area contributed by atoms with Crippen LogP contribution in [0.2, 0.25) is 0 Å². The van der Waals surface area contributed by atoms with E-state index in [2.05, 4.69) is 33.6 Å². The van der Waals surface area contributed by atoms with Crippen LogP contribution < -0.4 is 44.6 Å². The molecule has 0 radical (unpaired) electrons. The number of aliphatic carboxylic acids is 1. The monoisotopic (exact) mass is 533 g/mol.